The average Bonchev–Trinajstić information content (AvgIpc) is 2.29. The van der Waals surface area contributed by atoms with Crippen LogP contribution >= 0.6 is 15.9 Å². The summed E-state index contributed by atoms with van der Waals surface area (Å²) in [5.74, 6) is 0. The molecule has 1 rings (SSSR count). The van der Waals surface area contributed by atoms with Crippen LogP contribution in [0.3, 0.4) is 0 Å². The first-order chi connectivity index (χ1) is 8.09. The predicted molar refractivity (Wildman–Crippen MR) is 79.3 cm³/mol. The first kappa shape index (κ1) is 14.5. The Morgan fingerprint density at radius 3 is 2.82 bits per heavy atom. The van der Waals surface area contributed by atoms with Gasteiger partial charge in [0.15, 0.2) is 0 Å². The number of nitrogens with one attached hydrogen (secondary N) is 1. The second-order valence-electron chi connectivity index (χ2n) is 4.84. The predicted octanol–water partition coefficient (Wildman–Crippen LogP) is 4.18. The van der Waals surface area contributed by atoms with E-state index in [0.29, 0.717) is 0 Å². The average molecular weight is 296 g/mol. The highest BCUT2D eigenvalue weighted by Crippen LogP contribution is 2.24. The van der Waals surface area contributed by atoms with Gasteiger partial charge in [-0.15, -0.1) is 6.58 Å². The van der Waals surface area contributed by atoms with Gasteiger partial charge in [0.1, 0.15) is 0 Å². The molecule has 1 nitrogen and oxygen atoms in total. The van der Waals surface area contributed by atoms with Crippen molar-refractivity contribution in [2.75, 3.05) is 13.1 Å². The minimum atomic E-state index is 0.121. The first-order valence-electron chi connectivity index (χ1n) is 6.18. The lowest BCUT2D eigenvalue weighted by Gasteiger charge is -2.26. The molecule has 0 aliphatic rings. The summed E-state index contributed by atoms with van der Waals surface area (Å²) in [6.07, 6.45) is 4.26. The van der Waals surface area contributed by atoms with Crippen molar-refractivity contribution in [3.63, 3.8) is 0 Å². The Kier molecular flexibility index (Phi) is 5.93. The van der Waals surface area contributed by atoms with Crippen LogP contribution in [0, 0.1) is 5.41 Å². The third-order valence-corrected chi connectivity index (χ3v) is 3.44. The minimum Gasteiger partial charge on any atom is -0.316 e. The summed E-state index contributed by atoms with van der Waals surface area (Å²) in [6.45, 7) is 10.5. The summed E-state index contributed by atoms with van der Waals surface area (Å²) in [7, 11) is 0. The highest BCUT2D eigenvalue weighted by Gasteiger charge is 2.20. The van der Waals surface area contributed by atoms with Crippen LogP contribution in [0.15, 0.2) is 41.4 Å². The standard InChI is InChI=1S/C15H22BrN/c1-4-9-17-12-15(3,5-2)11-13-7-6-8-14(16)10-13/h5-8,10,17H,2,4,9,11-12H2,1,3H3. The zero-order chi connectivity index (χ0) is 12.7. The van der Waals surface area contributed by atoms with Gasteiger partial charge in [-0.2, -0.15) is 0 Å². The van der Waals surface area contributed by atoms with Crippen LogP contribution in [0.2, 0.25) is 0 Å². The second-order valence-corrected chi connectivity index (χ2v) is 5.76. The maximum Gasteiger partial charge on any atom is 0.0178 e. The van der Waals surface area contributed by atoms with Gasteiger partial charge in [-0.25, -0.2) is 0 Å². The van der Waals surface area contributed by atoms with Gasteiger partial charge in [0, 0.05) is 16.4 Å². The molecule has 0 saturated carbocycles. The van der Waals surface area contributed by atoms with E-state index in [2.05, 4.69) is 72.0 Å². The van der Waals surface area contributed by atoms with Crippen LogP contribution in [0.1, 0.15) is 25.8 Å². The molecular weight excluding hydrogens is 274 g/mol. The Hall–Kier alpha value is -0.600. The van der Waals surface area contributed by atoms with E-state index in [1.165, 1.54) is 12.0 Å². The number of rotatable bonds is 7. The zero-order valence-electron chi connectivity index (χ0n) is 10.8. The molecule has 17 heavy (non-hydrogen) atoms. The molecule has 0 aromatic heterocycles. The van der Waals surface area contributed by atoms with E-state index in [0.717, 1.165) is 24.0 Å². The van der Waals surface area contributed by atoms with E-state index >= 15 is 0 Å². The lowest BCUT2D eigenvalue weighted by atomic mass is 9.83. The highest BCUT2D eigenvalue weighted by atomic mass is 79.9. The molecule has 0 bridgehead atoms. The fraction of sp³-hybridized carbons (Fsp3) is 0.467. The number of halogens is 1. The normalized spacial score (nSPS) is 14.3. The van der Waals surface area contributed by atoms with E-state index in [1.807, 2.05) is 0 Å². The molecule has 0 spiro atoms. The molecule has 0 amide bonds. The molecule has 0 saturated heterocycles. The monoisotopic (exact) mass is 295 g/mol. The molecule has 2 heteroatoms. The molecule has 1 unspecified atom stereocenters. The number of hydrogen-bond donors (Lipinski definition) is 1. The van der Waals surface area contributed by atoms with Gasteiger partial charge in [0.25, 0.3) is 0 Å². The Bertz CT molecular complexity index is 362. The Morgan fingerprint density at radius 1 is 1.47 bits per heavy atom. The van der Waals surface area contributed by atoms with Crippen LogP contribution in [-0.2, 0) is 6.42 Å². The molecule has 0 heterocycles. The zero-order valence-corrected chi connectivity index (χ0v) is 12.4. The number of benzene rings is 1. The molecular formula is C15H22BrN. The van der Waals surface area contributed by atoms with E-state index in [4.69, 9.17) is 0 Å². The van der Waals surface area contributed by atoms with Crippen LogP contribution in [0.25, 0.3) is 0 Å². The summed E-state index contributed by atoms with van der Waals surface area (Å²) >= 11 is 3.51. The topological polar surface area (TPSA) is 12.0 Å². The van der Waals surface area contributed by atoms with Crippen LogP contribution in [-0.4, -0.2) is 13.1 Å². The van der Waals surface area contributed by atoms with Crippen LogP contribution < -0.4 is 5.32 Å². The molecule has 0 aliphatic heterocycles. The van der Waals surface area contributed by atoms with Crippen molar-refractivity contribution in [2.24, 2.45) is 5.41 Å². The molecule has 0 radical (unpaired) electrons. The number of hydrogen-bond acceptors (Lipinski definition) is 1. The maximum atomic E-state index is 3.98. The molecule has 1 aromatic carbocycles. The van der Waals surface area contributed by atoms with Gasteiger partial charge in [-0.05, 0) is 37.1 Å². The van der Waals surface area contributed by atoms with Gasteiger partial charge in [-0.3, -0.25) is 0 Å². The van der Waals surface area contributed by atoms with Crippen molar-refractivity contribution in [3.05, 3.63) is 47.0 Å². The Balaban J connectivity index is 2.64. The SMILES string of the molecule is C=CC(C)(CNCCC)Cc1cccc(Br)c1. The summed E-state index contributed by atoms with van der Waals surface area (Å²) in [5, 5.41) is 3.48. The summed E-state index contributed by atoms with van der Waals surface area (Å²) in [5.41, 5.74) is 1.47. The van der Waals surface area contributed by atoms with Crippen LogP contribution in [0.4, 0.5) is 0 Å². The van der Waals surface area contributed by atoms with E-state index in [1.54, 1.807) is 0 Å². The van der Waals surface area contributed by atoms with Crippen molar-refractivity contribution in [3.8, 4) is 0 Å². The first-order valence-corrected chi connectivity index (χ1v) is 6.98. The van der Waals surface area contributed by atoms with Gasteiger partial charge in [0.05, 0.1) is 0 Å². The highest BCUT2D eigenvalue weighted by molar-refractivity contribution is 9.10. The van der Waals surface area contributed by atoms with E-state index < -0.39 is 0 Å². The lowest BCUT2D eigenvalue weighted by molar-refractivity contribution is 0.391. The smallest absolute Gasteiger partial charge is 0.0178 e. The quantitative estimate of drug-likeness (QED) is 0.588. The molecule has 1 aromatic rings. The maximum absolute atomic E-state index is 3.98. The van der Waals surface area contributed by atoms with Gasteiger partial charge < -0.3 is 5.32 Å². The Morgan fingerprint density at radius 2 is 2.24 bits per heavy atom. The molecule has 1 N–H and O–H groups in total. The fourth-order valence-corrected chi connectivity index (χ4v) is 2.32. The van der Waals surface area contributed by atoms with Crippen molar-refractivity contribution in [1.82, 2.24) is 5.32 Å². The second kappa shape index (κ2) is 6.97. The Labute approximate surface area is 113 Å². The van der Waals surface area contributed by atoms with E-state index in [9.17, 15) is 0 Å². The van der Waals surface area contributed by atoms with Crippen molar-refractivity contribution in [2.45, 2.75) is 26.7 Å². The van der Waals surface area contributed by atoms with Crippen molar-refractivity contribution in [1.29, 1.82) is 0 Å². The molecule has 1 atom stereocenters. The van der Waals surface area contributed by atoms with Crippen LogP contribution in [0.5, 0.6) is 0 Å². The molecule has 0 aliphatic carbocycles. The summed E-state index contributed by atoms with van der Waals surface area (Å²) in [4.78, 5) is 0. The summed E-state index contributed by atoms with van der Waals surface area (Å²) < 4.78 is 1.14. The lowest BCUT2D eigenvalue weighted by Crippen LogP contribution is -2.32. The summed E-state index contributed by atoms with van der Waals surface area (Å²) in [6, 6.07) is 8.50. The van der Waals surface area contributed by atoms with Crippen molar-refractivity contribution >= 4 is 15.9 Å². The minimum absolute atomic E-state index is 0.121. The third kappa shape index (κ3) is 5.05. The van der Waals surface area contributed by atoms with Crippen molar-refractivity contribution < 1.29 is 0 Å². The molecule has 94 valence electrons. The molecule has 0 fully saturated rings. The van der Waals surface area contributed by atoms with E-state index in [-0.39, 0.29) is 5.41 Å². The van der Waals surface area contributed by atoms with Gasteiger partial charge in [0.2, 0.25) is 0 Å². The largest absolute Gasteiger partial charge is 0.316 e. The fourth-order valence-electron chi connectivity index (χ4n) is 1.87. The van der Waals surface area contributed by atoms with Gasteiger partial charge >= 0.3 is 0 Å². The van der Waals surface area contributed by atoms with Gasteiger partial charge in [-0.1, -0.05) is 48.0 Å². The third-order valence-electron chi connectivity index (χ3n) is 2.95.